The van der Waals surface area contributed by atoms with E-state index in [0.717, 1.165) is 11.3 Å². The van der Waals surface area contributed by atoms with Crippen LogP contribution in [0.4, 0.5) is 0 Å². The molecule has 0 radical (unpaired) electrons. The number of rotatable bonds is 5. The Labute approximate surface area is 106 Å². The second-order valence-electron chi connectivity index (χ2n) is 4.15. The number of hydrogen-bond donors (Lipinski definition) is 1. The van der Waals surface area contributed by atoms with Crippen molar-refractivity contribution in [3.05, 3.63) is 54.1 Å². The molecule has 0 saturated carbocycles. The van der Waals surface area contributed by atoms with Crippen molar-refractivity contribution < 1.29 is 9.84 Å². The Morgan fingerprint density at radius 2 is 1.83 bits per heavy atom. The molecule has 0 saturated heterocycles. The second kappa shape index (κ2) is 6.12. The Morgan fingerprint density at radius 1 is 1.17 bits per heavy atom. The fourth-order valence-electron chi connectivity index (χ4n) is 1.62. The van der Waals surface area contributed by atoms with Crippen molar-refractivity contribution in [1.29, 1.82) is 0 Å². The Hall–Kier alpha value is -1.94. The van der Waals surface area contributed by atoms with Crippen LogP contribution in [0.2, 0.25) is 0 Å². The Morgan fingerprint density at radius 3 is 2.44 bits per heavy atom. The van der Waals surface area contributed by atoms with E-state index in [9.17, 15) is 5.11 Å². The normalized spacial score (nSPS) is 12.1. The molecule has 1 unspecified atom stereocenters. The highest BCUT2D eigenvalue weighted by Gasteiger charge is 2.01. The number of aromatic nitrogens is 2. The van der Waals surface area contributed by atoms with E-state index in [-0.39, 0.29) is 6.10 Å². The molecule has 2 aromatic rings. The van der Waals surface area contributed by atoms with E-state index >= 15 is 0 Å². The largest absolute Gasteiger partial charge is 0.486 e. The number of nitrogens with zero attached hydrogens (tertiary/aromatic N) is 2. The van der Waals surface area contributed by atoms with E-state index in [0.29, 0.717) is 18.9 Å². The summed E-state index contributed by atoms with van der Waals surface area (Å²) in [4.78, 5) is 8.16. The van der Waals surface area contributed by atoms with Gasteiger partial charge in [-0.1, -0.05) is 12.1 Å². The molecule has 0 amide bonds. The van der Waals surface area contributed by atoms with Gasteiger partial charge < -0.3 is 9.84 Å². The fraction of sp³-hybridized carbons (Fsp3) is 0.286. The molecule has 1 atom stereocenters. The summed E-state index contributed by atoms with van der Waals surface area (Å²) >= 11 is 0. The highest BCUT2D eigenvalue weighted by Crippen LogP contribution is 2.14. The van der Waals surface area contributed by atoms with Crippen LogP contribution in [0.25, 0.3) is 0 Å². The molecule has 1 aromatic carbocycles. The third-order valence-corrected chi connectivity index (χ3v) is 2.44. The lowest BCUT2D eigenvalue weighted by Crippen LogP contribution is -2.04. The lowest BCUT2D eigenvalue weighted by Gasteiger charge is -2.07. The Kier molecular flexibility index (Phi) is 4.25. The van der Waals surface area contributed by atoms with Gasteiger partial charge >= 0.3 is 0 Å². The molecule has 0 aliphatic heterocycles. The molecule has 1 N–H and O–H groups in total. The SMILES string of the molecule is CC(O)Cc1ccc(OCc2ncccn2)cc1. The van der Waals surface area contributed by atoms with Gasteiger partial charge in [0.25, 0.3) is 0 Å². The first-order valence-electron chi connectivity index (χ1n) is 5.90. The van der Waals surface area contributed by atoms with Gasteiger partial charge in [0.05, 0.1) is 6.10 Å². The minimum absolute atomic E-state index is 0.325. The second-order valence-corrected chi connectivity index (χ2v) is 4.15. The Balaban J connectivity index is 1.90. The van der Waals surface area contributed by atoms with Crippen molar-refractivity contribution in [2.75, 3.05) is 0 Å². The van der Waals surface area contributed by atoms with E-state index in [1.807, 2.05) is 24.3 Å². The standard InChI is InChI=1S/C14H16N2O2/c1-11(17)9-12-3-5-13(6-4-12)18-10-14-15-7-2-8-16-14/h2-8,11,17H,9-10H2,1H3. The number of hydrogen-bond acceptors (Lipinski definition) is 4. The number of benzene rings is 1. The van der Waals surface area contributed by atoms with Gasteiger partial charge in [0.15, 0.2) is 5.82 Å². The summed E-state index contributed by atoms with van der Waals surface area (Å²) in [5.74, 6) is 1.43. The topological polar surface area (TPSA) is 55.2 Å². The molecular weight excluding hydrogens is 228 g/mol. The van der Waals surface area contributed by atoms with E-state index in [1.54, 1.807) is 25.4 Å². The van der Waals surface area contributed by atoms with Gasteiger partial charge in [0.2, 0.25) is 0 Å². The average molecular weight is 244 g/mol. The van der Waals surface area contributed by atoms with Crippen molar-refractivity contribution >= 4 is 0 Å². The quantitative estimate of drug-likeness (QED) is 0.873. The smallest absolute Gasteiger partial charge is 0.166 e. The summed E-state index contributed by atoms with van der Waals surface area (Å²) in [7, 11) is 0. The summed E-state index contributed by atoms with van der Waals surface area (Å²) in [6.07, 6.45) is 3.71. The van der Waals surface area contributed by atoms with E-state index < -0.39 is 0 Å². The van der Waals surface area contributed by atoms with Gasteiger partial charge in [-0.25, -0.2) is 9.97 Å². The highest BCUT2D eigenvalue weighted by atomic mass is 16.5. The first-order valence-corrected chi connectivity index (χ1v) is 5.90. The van der Waals surface area contributed by atoms with Crippen LogP contribution < -0.4 is 4.74 Å². The van der Waals surface area contributed by atoms with E-state index in [4.69, 9.17) is 4.74 Å². The molecule has 1 aromatic heterocycles. The zero-order valence-electron chi connectivity index (χ0n) is 10.3. The first kappa shape index (κ1) is 12.5. The van der Waals surface area contributed by atoms with Crippen molar-refractivity contribution in [3.8, 4) is 5.75 Å². The van der Waals surface area contributed by atoms with Crippen LogP contribution >= 0.6 is 0 Å². The molecule has 94 valence electrons. The molecule has 2 rings (SSSR count). The third kappa shape index (κ3) is 3.82. The van der Waals surface area contributed by atoms with Gasteiger partial charge in [0, 0.05) is 12.4 Å². The predicted molar refractivity (Wildman–Crippen MR) is 68.2 cm³/mol. The van der Waals surface area contributed by atoms with Gasteiger partial charge in [-0.15, -0.1) is 0 Å². The van der Waals surface area contributed by atoms with Crippen LogP contribution in [-0.4, -0.2) is 21.2 Å². The Bertz CT molecular complexity index is 469. The van der Waals surface area contributed by atoms with Crippen LogP contribution in [0.5, 0.6) is 5.75 Å². The molecule has 0 aliphatic rings. The maximum Gasteiger partial charge on any atom is 0.166 e. The van der Waals surface area contributed by atoms with Crippen molar-refractivity contribution in [1.82, 2.24) is 9.97 Å². The molecule has 1 heterocycles. The van der Waals surface area contributed by atoms with Gasteiger partial charge in [-0.3, -0.25) is 0 Å². The van der Waals surface area contributed by atoms with Crippen LogP contribution in [-0.2, 0) is 13.0 Å². The molecule has 4 heteroatoms. The van der Waals surface area contributed by atoms with Crippen molar-refractivity contribution in [2.24, 2.45) is 0 Å². The van der Waals surface area contributed by atoms with Crippen LogP contribution in [0.15, 0.2) is 42.7 Å². The van der Waals surface area contributed by atoms with E-state index in [1.165, 1.54) is 0 Å². The van der Waals surface area contributed by atoms with E-state index in [2.05, 4.69) is 9.97 Å². The molecular formula is C14H16N2O2. The van der Waals surface area contributed by atoms with Crippen molar-refractivity contribution in [3.63, 3.8) is 0 Å². The monoisotopic (exact) mass is 244 g/mol. The fourth-order valence-corrected chi connectivity index (χ4v) is 1.62. The summed E-state index contributed by atoms with van der Waals surface area (Å²) in [6.45, 7) is 2.13. The summed E-state index contributed by atoms with van der Waals surface area (Å²) < 4.78 is 5.56. The summed E-state index contributed by atoms with van der Waals surface area (Å²) in [5, 5.41) is 9.28. The maximum atomic E-state index is 9.28. The minimum atomic E-state index is -0.325. The summed E-state index contributed by atoms with van der Waals surface area (Å²) in [5.41, 5.74) is 1.09. The first-order chi connectivity index (χ1) is 8.74. The van der Waals surface area contributed by atoms with Crippen LogP contribution in [0.1, 0.15) is 18.3 Å². The molecule has 18 heavy (non-hydrogen) atoms. The van der Waals surface area contributed by atoms with Crippen LogP contribution in [0, 0.1) is 0 Å². The van der Waals surface area contributed by atoms with Gasteiger partial charge in [-0.05, 0) is 37.1 Å². The molecule has 0 aliphatic carbocycles. The zero-order valence-corrected chi connectivity index (χ0v) is 10.3. The maximum absolute atomic E-state index is 9.28. The predicted octanol–water partition coefficient (Wildman–Crippen LogP) is 1.98. The number of ether oxygens (including phenoxy) is 1. The lowest BCUT2D eigenvalue weighted by molar-refractivity contribution is 0.195. The van der Waals surface area contributed by atoms with Gasteiger partial charge in [-0.2, -0.15) is 0 Å². The number of aliphatic hydroxyl groups excluding tert-OH is 1. The lowest BCUT2D eigenvalue weighted by atomic mass is 10.1. The molecule has 0 fully saturated rings. The van der Waals surface area contributed by atoms with Gasteiger partial charge in [0.1, 0.15) is 12.4 Å². The highest BCUT2D eigenvalue weighted by molar-refractivity contribution is 5.27. The average Bonchev–Trinajstić information content (AvgIpc) is 2.38. The zero-order chi connectivity index (χ0) is 12.8. The molecule has 0 bridgehead atoms. The molecule has 0 spiro atoms. The molecule has 4 nitrogen and oxygen atoms in total. The number of aliphatic hydroxyl groups is 1. The minimum Gasteiger partial charge on any atom is -0.486 e. The third-order valence-electron chi connectivity index (χ3n) is 2.44. The van der Waals surface area contributed by atoms with Crippen molar-refractivity contribution in [2.45, 2.75) is 26.1 Å². The van der Waals surface area contributed by atoms with Crippen LogP contribution in [0.3, 0.4) is 0 Å². The summed E-state index contributed by atoms with van der Waals surface area (Å²) in [6, 6.07) is 9.46.